The minimum absolute atomic E-state index is 0.0813. The number of amides is 1. The number of hydrogen-bond acceptors (Lipinski definition) is 5. The first kappa shape index (κ1) is 57.6. The fourth-order valence-corrected chi connectivity index (χ4v) is 8.31. The number of hydrogen-bond donors (Lipinski definition) is 3. The topological polar surface area (TPSA) is 95.9 Å². The Bertz CT molecular complexity index is 893. The molecule has 0 heterocycles. The number of unbranched alkanes of at least 4 members (excludes halogenated alkanes) is 34. The second kappa shape index (κ2) is 47.6. The van der Waals surface area contributed by atoms with Crippen LogP contribution in [0.4, 0.5) is 0 Å². The third-order valence-corrected chi connectivity index (χ3v) is 12.3. The Balaban J connectivity index is 4.48. The van der Waals surface area contributed by atoms with Gasteiger partial charge in [-0.15, -0.1) is 0 Å². The highest BCUT2D eigenvalue weighted by Crippen LogP contribution is 2.18. The largest absolute Gasteiger partial charge is 0.462 e. The van der Waals surface area contributed by atoms with Crippen molar-refractivity contribution >= 4 is 11.9 Å². The lowest BCUT2D eigenvalue weighted by Crippen LogP contribution is -2.46. The van der Waals surface area contributed by atoms with Crippen LogP contribution in [0.5, 0.6) is 0 Å². The van der Waals surface area contributed by atoms with Crippen molar-refractivity contribution in [1.29, 1.82) is 0 Å². The Morgan fingerprint density at radius 3 is 1.24 bits per heavy atom. The third-order valence-electron chi connectivity index (χ3n) is 12.3. The molecule has 6 nitrogen and oxygen atoms in total. The summed E-state index contributed by atoms with van der Waals surface area (Å²) in [5, 5.41) is 23.8. The number of rotatable bonds is 48. The Kier molecular flexibility index (Phi) is 46.5. The van der Waals surface area contributed by atoms with E-state index in [1.807, 2.05) is 0 Å². The molecule has 0 spiro atoms. The van der Waals surface area contributed by atoms with Gasteiger partial charge in [-0.1, -0.05) is 238 Å². The molecule has 0 aliphatic rings. The molecule has 0 aromatic rings. The highest BCUT2D eigenvalue weighted by Gasteiger charge is 2.24. The molecular weight excluding hydrogens is 731 g/mol. The zero-order chi connectivity index (χ0) is 43.1. The SMILES string of the molecule is CCCCC/C=C\CCCCCCCC(=O)OC(CCCCCCCCCCCCCC)CC(=O)NC(CO)C(O)CCCCCCCCCCCCCCCCCC. The standard InChI is InChI=1S/C53H103NO5/c1-4-7-10-13-16-19-22-25-26-27-28-30-33-36-39-42-45-51(56)50(48-55)54-52(57)47-49(44-41-38-35-32-29-23-20-17-14-11-8-5-2)59-53(58)46-43-40-37-34-31-24-21-18-15-12-9-6-3/h18,21,49-51,55-56H,4-17,19-20,22-48H2,1-3H3,(H,54,57)/b21-18-. The Labute approximate surface area is 368 Å². The average molecular weight is 834 g/mol. The van der Waals surface area contributed by atoms with Gasteiger partial charge in [-0.3, -0.25) is 9.59 Å². The van der Waals surface area contributed by atoms with E-state index < -0.39 is 18.2 Å². The molecule has 350 valence electrons. The fraction of sp³-hybridized carbons (Fsp3) is 0.925. The molecule has 0 aromatic carbocycles. The first-order chi connectivity index (χ1) is 29.0. The molecule has 1 amide bonds. The zero-order valence-corrected chi connectivity index (χ0v) is 39.9. The van der Waals surface area contributed by atoms with Crippen LogP contribution in [-0.4, -0.2) is 46.9 Å². The number of ether oxygens (including phenoxy) is 1. The lowest BCUT2D eigenvalue weighted by atomic mass is 10.0. The summed E-state index contributed by atoms with van der Waals surface area (Å²) < 4.78 is 5.93. The number of carbonyl (C=O) groups excluding carboxylic acids is 2. The van der Waals surface area contributed by atoms with Gasteiger partial charge in [-0.05, 0) is 51.4 Å². The summed E-state index contributed by atoms with van der Waals surface area (Å²) in [5.74, 6) is -0.467. The normalized spacial score (nSPS) is 13.2. The van der Waals surface area contributed by atoms with Crippen molar-refractivity contribution in [3.8, 4) is 0 Å². The minimum Gasteiger partial charge on any atom is -0.462 e. The van der Waals surface area contributed by atoms with Gasteiger partial charge in [0.1, 0.15) is 6.10 Å². The number of nitrogens with one attached hydrogen (secondary N) is 1. The second-order valence-corrected chi connectivity index (χ2v) is 18.3. The zero-order valence-electron chi connectivity index (χ0n) is 39.9. The van der Waals surface area contributed by atoms with Crippen molar-refractivity contribution in [1.82, 2.24) is 5.32 Å². The molecule has 0 aliphatic carbocycles. The van der Waals surface area contributed by atoms with E-state index in [0.717, 1.165) is 51.4 Å². The van der Waals surface area contributed by atoms with Crippen molar-refractivity contribution < 1.29 is 24.5 Å². The van der Waals surface area contributed by atoms with E-state index in [4.69, 9.17) is 4.74 Å². The van der Waals surface area contributed by atoms with Crippen molar-refractivity contribution in [2.24, 2.45) is 0 Å². The smallest absolute Gasteiger partial charge is 0.306 e. The number of carbonyl (C=O) groups is 2. The summed E-state index contributed by atoms with van der Waals surface area (Å²) in [5.41, 5.74) is 0. The van der Waals surface area contributed by atoms with Gasteiger partial charge in [-0.25, -0.2) is 0 Å². The van der Waals surface area contributed by atoms with Crippen LogP contribution in [0.1, 0.15) is 290 Å². The molecule has 0 radical (unpaired) electrons. The first-order valence-corrected chi connectivity index (χ1v) is 26.4. The molecule has 0 fully saturated rings. The molecule has 59 heavy (non-hydrogen) atoms. The molecule has 0 saturated heterocycles. The lowest BCUT2D eigenvalue weighted by molar-refractivity contribution is -0.151. The van der Waals surface area contributed by atoms with Crippen LogP contribution in [0, 0.1) is 0 Å². The molecule has 3 N–H and O–H groups in total. The fourth-order valence-electron chi connectivity index (χ4n) is 8.31. The number of allylic oxidation sites excluding steroid dienone is 2. The van der Waals surface area contributed by atoms with E-state index in [1.165, 1.54) is 193 Å². The third kappa shape index (κ3) is 43.1. The maximum atomic E-state index is 13.2. The lowest BCUT2D eigenvalue weighted by Gasteiger charge is -2.24. The van der Waals surface area contributed by atoms with Gasteiger partial charge >= 0.3 is 5.97 Å². The van der Waals surface area contributed by atoms with Gasteiger partial charge in [0.2, 0.25) is 5.91 Å². The highest BCUT2D eigenvalue weighted by molar-refractivity contribution is 5.77. The van der Waals surface area contributed by atoms with Crippen LogP contribution in [0.25, 0.3) is 0 Å². The average Bonchev–Trinajstić information content (AvgIpc) is 3.23. The minimum atomic E-state index is -0.783. The van der Waals surface area contributed by atoms with Crippen molar-refractivity contribution in [2.75, 3.05) is 6.61 Å². The van der Waals surface area contributed by atoms with Gasteiger partial charge in [0.05, 0.1) is 25.2 Å². The van der Waals surface area contributed by atoms with Gasteiger partial charge in [0.25, 0.3) is 0 Å². The Hall–Kier alpha value is -1.40. The van der Waals surface area contributed by atoms with E-state index in [2.05, 4.69) is 38.2 Å². The molecule has 0 aliphatic heterocycles. The Morgan fingerprint density at radius 1 is 0.475 bits per heavy atom. The van der Waals surface area contributed by atoms with Gasteiger partial charge < -0.3 is 20.3 Å². The van der Waals surface area contributed by atoms with E-state index in [9.17, 15) is 19.8 Å². The van der Waals surface area contributed by atoms with E-state index >= 15 is 0 Å². The molecule has 0 bridgehead atoms. The summed E-state index contributed by atoms with van der Waals surface area (Å²) in [6.45, 7) is 6.48. The number of aliphatic hydroxyl groups excluding tert-OH is 2. The van der Waals surface area contributed by atoms with Crippen LogP contribution in [0.2, 0.25) is 0 Å². The number of aliphatic hydroxyl groups is 2. The van der Waals surface area contributed by atoms with Crippen LogP contribution in [-0.2, 0) is 14.3 Å². The van der Waals surface area contributed by atoms with Crippen molar-refractivity contribution in [3.05, 3.63) is 12.2 Å². The van der Waals surface area contributed by atoms with Gasteiger partial charge in [0.15, 0.2) is 0 Å². The van der Waals surface area contributed by atoms with Crippen LogP contribution < -0.4 is 5.32 Å². The predicted octanol–water partition coefficient (Wildman–Crippen LogP) is 15.7. The maximum Gasteiger partial charge on any atom is 0.306 e. The summed E-state index contributed by atoms with van der Waals surface area (Å²) >= 11 is 0. The molecule has 6 heteroatoms. The molecule has 3 atom stereocenters. The highest BCUT2D eigenvalue weighted by atomic mass is 16.5. The number of esters is 1. The molecule has 3 unspecified atom stereocenters. The van der Waals surface area contributed by atoms with E-state index in [0.29, 0.717) is 19.3 Å². The molecule has 0 aromatic heterocycles. The van der Waals surface area contributed by atoms with Gasteiger partial charge in [0, 0.05) is 6.42 Å². The quantitative estimate of drug-likeness (QED) is 0.0322. The molecule has 0 saturated carbocycles. The van der Waals surface area contributed by atoms with Crippen molar-refractivity contribution in [2.45, 2.75) is 309 Å². The summed E-state index contributed by atoms with van der Waals surface area (Å²) in [4.78, 5) is 26.1. The monoisotopic (exact) mass is 834 g/mol. The maximum absolute atomic E-state index is 13.2. The molecule has 0 rings (SSSR count). The van der Waals surface area contributed by atoms with Crippen LogP contribution in [0.3, 0.4) is 0 Å². The van der Waals surface area contributed by atoms with E-state index in [-0.39, 0.29) is 24.9 Å². The van der Waals surface area contributed by atoms with E-state index in [1.54, 1.807) is 0 Å². The predicted molar refractivity (Wildman–Crippen MR) is 255 cm³/mol. The Morgan fingerprint density at radius 2 is 0.814 bits per heavy atom. The summed E-state index contributed by atoms with van der Waals surface area (Å²) in [6, 6.07) is -0.696. The summed E-state index contributed by atoms with van der Waals surface area (Å²) in [6.07, 6.45) is 52.7. The second-order valence-electron chi connectivity index (χ2n) is 18.3. The van der Waals surface area contributed by atoms with Crippen LogP contribution >= 0.6 is 0 Å². The first-order valence-electron chi connectivity index (χ1n) is 26.4. The van der Waals surface area contributed by atoms with Crippen molar-refractivity contribution in [3.63, 3.8) is 0 Å². The summed E-state index contributed by atoms with van der Waals surface area (Å²) in [7, 11) is 0. The molecular formula is C53H103NO5. The van der Waals surface area contributed by atoms with Crippen LogP contribution in [0.15, 0.2) is 12.2 Å². The van der Waals surface area contributed by atoms with Gasteiger partial charge in [-0.2, -0.15) is 0 Å².